The fraction of sp³-hybridized carbons (Fsp3) is 0.889. The summed E-state index contributed by atoms with van der Waals surface area (Å²) in [6.45, 7) is 0. The lowest BCUT2D eigenvalue weighted by Crippen LogP contribution is -2.64. The van der Waals surface area contributed by atoms with Gasteiger partial charge in [-0.05, 0) is 74.5 Å². The number of nitrogens with two attached hydrogens (primary N) is 1. The summed E-state index contributed by atoms with van der Waals surface area (Å²) in [6, 6.07) is 0.370. The first-order valence-corrected chi connectivity index (χ1v) is 8.89. The highest BCUT2D eigenvalue weighted by atomic mass is 16.3. The molecule has 0 radical (unpaired) electrons. The van der Waals surface area contributed by atoms with E-state index in [1.165, 1.54) is 4.90 Å². The van der Waals surface area contributed by atoms with Crippen LogP contribution in [-0.2, 0) is 4.79 Å². The second-order valence-electron chi connectivity index (χ2n) is 8.87. The van der Waals surface area contributed by atoms with Gasteiger partial charge < -0.3 is 15.7 Å². The molecule has 6 fully saturated rings. The highest BCUT2D eigenvalue weighted by Gasteiger charge is 2.62. The van der Waals surface area contributed by atoms with E-state index in [9.17, 15) is 15.2 Å². The number of nitrogens with zero attached hydrogens (tertiary/aromatic N) is 2. The Morgan fingerprint density at radius 2 is 2.04 bits per heavy atom. The first-order valence-electron chi connectivity index (χ1n) is 9.89. The van der Waals surface area contributed by atoms with Crippen LogP contribution < -0.4 is 5.73 Å². The Labute approximate surface area is 139 Å². The summed E-state index contributed by atoms with van der Waals surface area (Å²) >= 11 is 0. The fourth-order valence-corrected chi connectivity index (χ4v) is 6.66. The van der Waals surface area contributed by atoms with Crippen LogP contribution in [-0.4, -0.2) is 39.6 Å². The van der Waals surface area contributed by atoms with Crippen molar-refractivity contribution in [1.29, 1.82) is 5.26 Å². The van der Waals surface area contributed by atoms with Gasteiger partial charge in [0, 0.05) is 8.78 Å². The molecule has 0 aromatic heterocycles. The number of nitriles is 1. The number of carbonyl (C=O) groups is 1. The van der Waals surface area contributed by atoms with Crippen LogP contribution >= 0.6 is 0 Å². The molecule has 5 heteroatoms. The van der Waals surface area contributed by atoms with Gasteiger partial charge in [-0.3, -0.25) is 4.79 Å². The lowest BCUT2D eigenvalue weighted by Gasteiger charge is -2.61. The van der Waals surface area contributed by atoms with Crippen LogP contribution in [0.25, 0.3) is 0 Å². The lowest BCUT2D eigenvalue weighted by atomic mass is 9.46. The van der Waals surface area contributed by atoms with Crippen molar-refractivity contribution in [3.63, 3.8) is 0 Å². The van der Waals surface area contributed by atoms with Crippen molar-refractivity contribution in [2.45, 2.75) is 75.0 Å². The molecule has 1 heterocycles. The monoisotopic (exact) mass is 317 g/mol. The standard InChI is InChI=1S/C18H25N3O2/c19-8-13-2-12-3-14(12)21(13)16(22)15(20)17-4-10-1-11(5-17)7-18(23,6-10)9-17/h10-15,23H,1-7,9,20H2/t10?,11?,12-,13+,14+,15-,17?,18?/m1/s1/i3D2. The number of hydrogen-bond acceptors (Lipinski definition) is 4. The van der Waals surface area contributed by atoms with E-state index in [1.54, 1.807) is 0 Å². The summed E-state index contributed by atoms with van der Waals surface area (Å²) in [5.41, 5.74) is 5.45. The van der Waals surface area contributed by atoms with E-state index in [4.69, 9.17) is 8.48 Å². The number of aliphatic hydroxyl groups is 1. The Hall–Kier alpha value is -1.12. The maximum Gasteiger partial charge on any atom is 0.241 e. The predicted molar refractivity (Wildman–Crippen MR) is 82.8 cm³/mol. The second kappa shape index (κ2) is 4.29. The molecule has 0 aromatic carbocycles. The molecule has 1 amide bonds. The van der Waals surface area contributed by atoms with Crippen LogP contribution in [0.3, 0.4) is 0 Å². The van der Waals surface area contributed by atoms with Crippen LogP contribution in [0.2, 0.25) is 0 Å². The molecule has 124 valence electrons. The Balaban J connectivity index is 1.44. The summed E-state index contributed by atoms with van der Waals surface area (Å²) in [5.74, 6) is 0.380. The van der Waals surface area contributed by atoms with Gasteiger partial charge in [-0.25, -0.2) is 0 Å². The van der Waals surface area contributed by atoms with Crippen molar-refractivity contribution in [2.24, 2.45) is 28.9 Å². The van der Waals surface area contributed by atoms with Crippen LogP contribution in [0, 0.1) is 34.5 Å². The Kier molecular flexibility index (Phi) is 2.29. The van der Waals surface area contributed by atoms with Crippen LogP contribution in [0.5, 0.6) is 0 Å². The molecule has 0 spiro atoms. The molecule has 4 bridgehead atoms. The van der Waals surface area contributed by atoms with Crippen LogP contribution in [0.4, 0.5) is 0 Å². The molecular formula is C18H25N3O2. The van der Waals surface area contributed by atoms with Gasteiger partial charge in [-0.15, -0.1) is 0 Å². The Morgan fingerprint density at radius 1 is 1.35 bits per heavy atom. The molecule has 23 heavy (non-hydrogen) atoms. The Morgan fingerprint density at radius 3 is 2.65 bits per heavy atom. The van der Waals surface area contributed by atoms with E-state index in [2.05, 4.69) is 6.07 Å². The van der Waals surface area contributed by atoms with Crippen LogP contribution in [0.15, 0.2) is 0 Å². The largest absolute Gasteiger partial charge is 0.390 e. The lowest BCUT2D eigenvalue weighted by molar-refractivity contribution is -0.177. The average molecular weight is 317 g/mol. The highest BCUT2D eigenvalue weighted by molar-refractivity contribution is 5.84. The smallest absolute Gasteiger partial charge is 0.241 e. The summed E-state index contributed by atoms with van der Waals surface area (Å²) in [6.07, 6.45) is 4.13. The minimum absolute atomic E-state index is 0.228. The zero-order valence-electron chi connectivity index (χ0n) is 15.2. The number of hydrogen-bond donors (Lipinski definition) is 2. The van der Waals surface area contributed by atoms with Crippen molar-refractivity contribution in [1.82, 2.24) is 4.90 Å². The molecule has 6 atom stereocenters. The molecule has 6 aliphatic rings. The molecule has 3 N–H and O–H groups in total. The molecule has 2 unspecified atom stereocenters. The first-order chi connectivity index (χ1) is 11.7. The van der Waals surface area contributed by atoms with Gasteiger partial charge >= 0.3 is 0 Å². The maximum atomic E-state index is 13.3. The van der Waals surface area contributed by atoms with Gasteiger partial charge in [-0.1, -0.05) is 0 Å². The summed E-state index contributed by atoms with van der Waals surface area (Å²) in [4.78, 5) is 14.7. The number of fused-ring (bicyclic) bond motifs is 1. The second-order valence-corrected chi connectivity index (χ2v) is 8.87. The quantitative estimate of drug-likeness (QED) is 0.799. The molecule has 1 saturated heterocycles. The van der Waals surface area contributed by atoms with Crippen molar-refractivity contribution in [3.05, 3.63) is 0 Å². The number of amides is 1. The summed E-state index contributed by atoms with van der Waals surface area (Å²) in [7, 11) is 0. The van der Waals surface area contributed by atoms with Crippen molar-refractivity contribution in [3.8, 4) is 6.07 Å². The van der Waals surface area contributed by atoms with Crippen molar-refractivity contribution in [2.75, 3.05) is 0 Å². The zero-order valence-corrected chi connectivity index (χ0v) is 13.2. The third-order valence-electron chi connectivity index (χ3n) is 7.17. The van der Waals surface area contributed by atoms with E-state index in [1.807, 2.05) is 0 Å². The van der Waals surface area contributed by atoms with E-state index < -0.39 is 30.1 Å². The van der Waals surface area contributed by atoms with Crippen LogP contribution in [0.1, 0.15) is 54.1 Å². The number of likely N-dealkylation sites (tertiary alicyclic amines) is 1. The fourth-order valence-electron chi connectivity index (χ4n) is 6.66. The zero-order chi connectivity index (χ0) is 17.8. The molecule has 0 aromatic rings. The van der Waals surface area contributed by atoms with E-state index in [0.717, 1.165) is 32.1 Å². The molecule has 1 aliphatic heterocycles. The van der Waals surface area contributed by atoms with Crippen molar-refractivity contribution < 1.29 is 12.6 Å². The predicted octanol–water partition coefficient (Wildman–Crippen LogP) is 1.16. The van der Waals surface area contributed by atoms with Crippen molar-refractivity contribution >= 4 is 5.91 Å². The molecule has 6 rings (SSSR count). The maximum absolute atomic E-state index is 13.3. The topological polar surface area (TPSA) is 90.4 Å². The minimum Gasteiger partial charge on any atom is -0.390 e. The highest BCUT2D eigenvalue weighted by Crippen LogP contribution is 2.63. The van der Waals surface area contributed by atoms with Gasteiger partial charge in [0.15, 0.2) is 0 Å². The number of rotatable bonds is 2. The van der Waals surface area contributed by atoms with Gasteiger partial charge in [0.2, 0.25) is 5.91 Å². The third kappa shape index (κ3) is 1.88. The number of piperidine rings is 1. The van der Waals surface area contributed by atoms with E-state index >= 15 is 0 Å². The summed E-state index contributed by atoms with van der Waals surface area (Å²) < 4.78 is 16.1. The third-order valence-corrected chi connectivity index (χ3v) is 7.17. The van der Waals surface area contributed by atoms with Gasteiger partial charge in [0.25, 0.3) is 0 Å². The molecular weight excluding hydrogens is 290 g/mol. The van der Waals surface area contributed by atoms with E-state index in [-0.39, 0.29) is 17.2 Å². The van der Waals surface area contributed by atoms with Gasteiger partial charge in [0.1, 0.15) is 6.04 Å². The minimum atomic E-state index is -1.39. The first kappa shape index (κ1) is 12.3. The molecule has 5 aliphatic carbocycles. The van der Waals surface area contributed by atoms with Gasteiger partial charge in [-0.2, -0.15) is 5.26 Å². The van der Waals surface area contributed by atoms with E-state index in [0.29, 0.717) is 24.7 Å². The summed E-state index contributed by atoms with van der Waals surface area (Å²) in [5, 5.41) is 20.3. The van der Waals surface area contributed by atoms with Gasteiger partial charge in [0.05, 0.1) is 17.7 Å². The average Bonchev–Trinajstić information content (AvgIpc) is 2.89. The SMILES string of the molecule is [2H]C1([2H])[C@H]2C[C@@H](C#N)N(C(=O)[C@@H](N)C34CC5CC(CC(O)(C5)C3)C4)[C@H]21. The Bertz CT molecular complexity index is 676. The molecule has 5 nitrogen and oxygen atoms in total. The normalized spacial score (nSPS) is 57.3. The number of carbonyl (C=O) groups excluding carboxylic acids is 1. The molecule has 5 saturated carbocycles.